The molecule has 0 aliphatic carbocycles. The number of carbonyl (C=O) groups is 1. The maximum atomic E-state index is 12.1. The van der Waals surface area contributed by atoms with Crippen LogP contribution in [0.4, 0.5) is 0 Å². The summed E-state index contributed by atoms with van der Waals surface area (Å²) < 4.78 is 4.99. The maximum Gasteiger partial charge on any atom is 0.337 e. The first-order chi connectivity index (χ1) is 11.7. The van der Waals surface area contributed by atoms with Crippen LogP contribution in [0, 0.1) is 0 Å². The average Bonchev–Trinajstić information content (AvgIpc) is 2.99. The van der Waals surface area contributed by atoms with Crippen LogP contribution in [0.25, 0.3) is 0 Å². The molecule has 3 rings (SSSR count). The number of nitrogens with one attached hydrogen (secondary N) is 1. The predicted molar refractivity (Wildman–Crippen MR) is 95.7 cm³/mol. The Kier molecular flexibility index (Phi) is 5.47. The van der Waals surface area contributed by atoms with E-state index in [1.165, 1.54) is 45.6 Å². The molecule has 1 saturated heterocycles. The summed E-state index contributed by atoms with van der Waals surface area (Å²) in [6.07, 6.45) is 11.1. The Morgan fingerprint density at radius 1 is 1.29 bits per heavy atom. The van der Waals surface area contributed by atoms with Crippen LogP contribution in [0.1, 0.15) is 71.6 Å². The van der Waals surface area contributed by atoms with Gasteiger partial charge in [-0.2, -0.15) is 0 Å². The van der Waals surface area contributed by atoms with Gasteiger partial charge in [0.15, 0.2) is 5.96 Å². The fraction of sp³-hybridized carbons (Fsp3) is 0.789. The number of esters is 1. The number of guanidine groups is 1. The van der Waals surface area contributed by atoms with Crippen LogP contribution in [-0.2, 0) is 9.53 Å². The molecule has 3 atom stereocenters. The molecule has 0 radical (unpaired) electrons. The molecule has 0 amide bonds. The van der Waals surface area contributed by atoms with E-state index >= 15 is 0 Å². The molecule has 0 unspecified atom stereocenters. The van der Waals surface area contributed by atoms with Gasteiger partial charge in [0.25, 0.3) is 0 Å². The van der Waals surface area contributed by atoms with E-state index in [4.69, 9.17) is 9.73 Å². The van der Waals surface area contributed by atoms with E-state index in [2.05, 4.69) is 17.1 Å². The summed E-state index contributed by atoms with van der Waals surface area (Å²) >= 11 is 0. The zero-order chi connectivity index (χ0) is 17.1. The highest BCUT2D eigenvalue weighted by atomic mass is 16.5. The minimum atomic E-state index is -0.206. The second kappa shape index (κ2) is 7.58. The minimum Gasteiger partial charge on any atom is -0.466 e. The van der Waals surface area contributed by atoms with Crippen LogP contribution >= 0.6 is 0 Å². The van der Waals surface area contributed by atoms with Crippen LogP contribution in [0.3, 0.4) is 0 Å². The van der Waals surface area contributed by atoms with Crippen LogP contribution in [0.15, 0.2) is 16.3 Å². The fourth-order valence-corrected chi connectivity index (χ4v) is 4.47. The molecular formula is C19H31N3O2. The van der Waals surface area contributed by atoms with Crippen LogP contribution < -0.4 is 5.32 Å². The van der Waals surface area contributed by atoms with Gasteiger partial charge in [-0.3, -0.25) is 0 Å². The van der Waals surface area contributed by atoms with Crippen molar-refractivity contribution in [3.05, 3.63) is 11.3 Å². The van der Waals surface area contributed by atoms with Crippen molar-refractivity contribution in [1.29, 1.82) is 0 Å². The Bertz CT molecular complexity index is 541. The van der Waals surface area contributed by atoms with Gasteiger partial charge in [0.05, 0.1) is 24.8 Å². The van der Waals surface area contributed by atoms with E-state index < -0.39 is 0 Å². The molecule has 3 heterocycles. The topological polar surface area (TPSA) is 53.9 Å². The molecule has 134 valence electrons. The number of rotatable bonds is 7. The molecule has 1 N–H and O–H groups in total. The van der Waals surface area contributed by atoms with Gasteiger partial charge in [-0.1, -0.05) is 39.0 Å². The molecule has 0 spiro atoms. The Hall–Kier alpha value is -1.52. The third-order valence-electron chi connectivity index (χ3n) is 5.68. The molecule has 0 bridgehead atoms. The molecule has 5 heteroatoms. The number of hydrogen-bond donors (Lipinski definition) is 1. The van der Waals surface area contributed by atoms with Crippen LogP contribution in [0.2, 0.25) is 0 Å². The van der Waals surface area contributed by atoms with E-state index in [0.717, 1.165) is 36.5 Å². The largest absolute Gasteiger partial charge is 0.466 e. The van der Waals surface area contributed by atoms with Gasteiger partial charge in [-0.15, -0.1) is 0 Å². The number of aliphatic imine (C=N–C) groups is 1. The standard InChI is InChI=1S/C19H31N3O2/c1-4-5-6-7-8-9-14-12-15-10-11-16-17(18(23)24-3)13(2)20-19(21-14)22(15)16/h14-16H,4-12H2,1-3H3,(H,20,21)/t14-,15+,16-/m1/s1. The van der Waals surface area contributed by atoms with Gasteiger partial charge in [0, 0.05) is 11.7 Å². The SMILES string of the molecule is CCCCCCC[C@@H]1C[C@@H]2CC[C@@H]3C(C(=O)OC)=C(C)NC(=N1)N23. The first-order valence-corrected chi connectivity index (χ1v) is 9.58. The van der Waals surface area contributed by atoms with E-state index in [0.29, 0.717) is 12.1 Å². The summed E-state index contributed by atoms with van der Waals surface area (Å²) in [6.45, 7) is 4.22. The lowest BCUT2D eigenvalue weighted by Gasteiger charge is -2.42. The monoisotopic (exact) mass is 333 g/mol. The van der Waals surface area contributed by atoms with Gasteiger partial charge in [-0.25, -0.2) is 9.79 Å². The summed E-state index contributed by atoms with van der Waals surface area (Å²) in [5, 5.41) is 3.38. The van der Waals surface area contributed by atoms with E-state index in [9.17, 15) is 4.79 Å². The molecule has 3 aliphatic heterocycles. The van der Waals surface area contributed by atoms with Gasteiger partial charge in [0.2, 0.25) is 0 Å². The smallest absolute Gasteiger partial charge is 0.337 e. The lowest BCUT2D eigenvalue weighted by Crippen LogP contribution is -2.56. The second-order valence-corrected chi connectivity index (χ2v) is 7.35. The summed E-state index contributed by atoms with van der Waals surface area (Å²) in [7, 11) is 1.46. The quantitative estimate of drug-likeness (QED) is 0.573. The van der Waals surface area contributed by atoms with Crippen molar-refractivity contribution in [2.75, 3.05) is 7.11 Å². The molecule has 0 saturated carbocycles. The number of hydrogen-bond acceptors (Lipinski definition) is 5. The van der Waals surface area contributed by atoms with Gasteiger partial charge < -0.3 is 15.0 Å². The van der Waals surface area contributed by atoms with Crippen molar-refractivity contribution < 1.29 is 9.53 Å². The number of ether oxygens (including phenoxy) is 1. The molecular weight excluding hydrogens is 302 g/mol. The van der Waals surface area contributed by atoms with Gasteiger partial charge >= 0.3 is 5.97 Å². The third kappa shape index (κ3) is 3.31. The van der Waals surface area contributed by atoms with E-state index in [1.807, 2.05) is 6.92 Å². The van der Waals surface area contributed by atoms with Gasteiger partial charge in [0.1, 0.15) is 0 Å². The maximum absolute atomic E-state index is 12.1. The van der Waals surface area contributed by atoms with Crippen molar-refractivity contribution in [1.82, 2.24) is 10.2 Å². The summed E-state index contributed by atoms with van der Waals surface area (Å²) in [4.78, 5) is 19.5. The van der Waals surface area contributed by atoms with Crippen LogP contribution in [-0.4, -0.2) is 42.1 Å². The normalized spacial score (nSPS) is 28.4. The van der Waals surface area contributed by atoms with Crippen molar-refractivity contribution in [2.24, 2.45) is 4.99 Å². The molecule has 0 aromatic carbocycles. The van der Waals surface area contributed by atoms with Crippen molar-refractivity contribution in [3.63, 3.8) is 0 Å². The lowest BCUT2D eigenvalue weighted by atomic mass is 9.98. The first-order valence-electron chi connectivity index (χ1n) is 9.58. The summed E-state index contributed by atoms with van der Waals surface area (Å²) in [5.41, 5.74) is 1.70. The molecule has 5 nitrogen and oxygen atoms in total. The Labute approximate surface area is 145 Å². The molecule has 0 aromatic rings. The molecule has 1 fully saturated rings. The first kappa shape index (κ1) is 17.3. The number of nitrogens with zero attached hydrogens (tertiary/aromatic N) is 2. The highest BCUT2D eigenvalue weighted by Gasteiger charge is 2.46. The van der Waals surface area contributed by atoms with E-state index in [-0.39, 0.29) is 12.0 Å². The molecule has 3 aliphatic rings. The number of methoxy groups -OCH3 is 1. The van der Waals surface area contributed by atoms with E-state index in [1.54, 1.807) is 0 Å². The lowest BCUT2D eigenvalue weighted by molar-refractivity contribution is -0.136. The fourth-order valence-electron chi connectivity index (χ4n) is 4.47. The summed E-state index contributed by atoms with van der Waals surface area (Å²) in [6, 6.07) is 1.10. The summed E-state index contributed by atoms with van der Waals surface area (Å²) in [5.74, 6) is 0.778. The zero-order valence-corrected chi connectivity index (χ0v) is 15.3. The minimum absolute atomic E-state index is 0.146. The molecule has 0 aromatic heterocycles. The van der Waals surface area contributed by atoms with Crippen molar-refractivity contribution in [3.8, 4) is 0 Å². The molecule has 24 heavy (non-hydrogen) atoms. The Morgan fingerprint density at radius 3 is 2.83 bits per heavy atom. The Morgan fingerprint density at radius 2 is 2.08 bits per heavy atom. The van der Waals surface area contributed by atoms with Gasteiger partial charge in [-0.05, 0) is 32.6 Å². The highest BCUT2D eigenvalue weighted by Crippen LogP contribution is 2.38. The Balaban J connectivity index is 1.68. The zero-order valence-electron chi connectivity index (χ0n) is 15.3. The number of unbranched alkanes of at least 4 members (excludes halogenated alkanes) is 4. The second-order valence-electron chi connectivity index (χ2n) is 7.35. The van der Waals surface area contributed by atoms with Crippen molar-refractivity contribution >= 4 is 11.9 Å². The predicted octanol–water partition coefficient (Wildman–Crippen LogP) is 3.36. The third-order valence-corrected chi connectivity index (χ3v) is 5.68. The average molecular weight is 333 g/mol. The number of carbonyl (C=O) groups excluding carboxylic acids is 1. The highest BCUT2D eigenvalue weighted by molar-refractivity contribution is 5.96. The van der Waals surface area contributed by atoms with Crippen molar-refractivity contribution in [2.45, 2.75) is 89.8 Å². The van der Waals surface area contributed by atoms with Crippen LogP contribution in [0.5, 0.6) is 0 Å². The number of allylic oxidation sites excluding steroid dienone is 1.